The predicted molar refractivity (Wildman–Crippen MR) is 48.5 cm³/mol. The van der Waals surface area contributed by atoms with Gasteiger partial charge in [-0.25, -0.2) is 0 Å². The second-order valence-corrected chi connectivity index (χ2v) is 4.12. The summed E-state index contributed by atoms with van der Waals surface area (Å²) in [5.41, 5.74) is 0. The number of quaternary nitrogens is 1. The number of ether oxygens (including phenoxy) is 1. The van der Waals surface area contributed by atoms with Gasteiger partial charge in [-0.15, -0.1) is 0 Å². The van der Waals surface area contributed by atoms with Gasteiger partial charge < -0.3 is 21.6 Å². The Hall–Kier alpha value is -0.300. The molecule has 0 aliphatic rings. The molecule has 0 fully saturated rings. The van der Waals surface area contributed by atoms with Crippen LogP contribution in [0, 0.1) is 17.2 Å². The Bertz CT molecular complexity index is 160. The van der Waals surface area contributed by atoms with Crippen molar-refractivity contribution >= 4 is 0 Å². The molecule has 0 radical (unpaired) electrons. The first kappa shape index (κ1) is 15.2. The third-order valence-electron chi connectivity index (χ3n) is 1.49. The average molecular weight is 207 g/mol. The second kappa shape index (κ2) is 7.14. The third kappa shape index (κ3) is 11.7. The molecule has 0 rings (SSSR count). The number of nitrogens with zero attached hydrogens (tertiary/aromatic N) is 2. The van der Waals surface area contributed by atoms with Crippen molar-refractivity contribution < 1.29 is 21.6 Å². The maximum Gasteiger partial charge on any atom is 0.102 e. The van der Waals surface area contributed by atoms with Crippen LogP contribution >= 0.6 is 0 Å². The molecule has 0 heterocycles. The van der Waals surface area contributed by atoms with E-state index in [1.54, 1.807) is 0 Å². The van der Waals surface area contributed by atoms with Gasteiger partial charge in [-0.3, -0.25) is 0 Å². The highest BCUT2D eigenvalue weighted by Crippen LogP contribution is 1.94. The Labute approximate surface area is 87.3 Å². The minimum atomic E-state index is 0. The first-order valence-corrected chi connectivity index (χ1v) is 4.23. The zero-order valence-corrected chi connectivity index (χ0v) is 9.64. The molecule has 0 aromatic carbocycles. The summed E-state index contributed by atoms with van der Waals surface area (Å²) in [4.78, 5) is 0. The van der Waals surface area contributed by atoms with Crippen LogP contribution in [0.3, 0.4) is 0 Å². The Morgan fingerprint density at radius 2 is 1.92 bits per heavy atom. The SMILES string of the molecule is CC(C#N)COCC[N+](C)(C)C.[Cl-]. The van der Waals surface area contributed by atoms with E-state index < -0.39 is 0 Å². The molecule has 0 aliphatic carbocycles. The summed E-state index contributed by atoms with van der Waals surface area (Å²) < 4.78 is 6.23. The molecule has 0 bridgehead atoms. The van der Waals surface area contributed by atoms with Crippen LogP contribution in [0.5, 0.6) is 0 Å². The molecule has 0 aromatic rings. The average Bonchev–Trinajstić information content (AvgIpc) is 1.96. The van der Waals surface area contributed by atoms with Gasteiger partial charge in [0.1, 0.15) is 6.54 Å². The van der Waals surface area contributed by atoms with Crippen LogP contribution in [-0.4, -0.2) is 45.4 Å². The molecule has 3 nitrogen and oxygen atoms in total. The molecule has 0 aromatic heterocycles. The van der Waals surface area contributed by atoms with Crippen molar-refractivity contribution in [3.8, 4) is 6.07 Å². The monoisotopic (exact) mass is 206 g/mol. The highest BCUT2D eigenvalue weighted by atomic mass is 35.5. The van der Waals surface area contributed by atoms with Gasteiger partial charge in [-0.1, -0.05) is 0 Å². The Morgan fingerprint density at radius 1 is 1.38 bits per heavy atom. The molecule has 0 N–H and O–H groups in total. The molecule has 0 saturated carbocycles. The van der Waals surface area contributed by atoms with Crippen molar-refractivity contribution in [3.63, 3.8) is 0 Å². The normalized spacial score (nSPS) is 12.8. The Kier molecular flexibility index (Phi) is 8.34. The van der Waals surface area contributed by atoms with Crippen LogP contribution < -0.4 is 12.4 Å². The summed E-state index contributed by atoms with van der Waals surface area (Å²) >= 11 is 0. The summed E-state index contributed by atoms with van der Waals surface area (Å²) in [5.74, 6) is 0.0115. The quantitative estimate of drug-likeness (QED) is 0.381. The summed E-state index contributed by atoms with van der Waals surface area (Å²) in [7, 11) is 6.37. The first-order valence-electron chi connectivity index (χ1n) is 4.23. The zero-order chi connectivity index (χ0) is 9.61. The van der Waals surface area contributed by atoms with Crippen LogP contribution in [0.4, 0.5) is 0 Å². The van der Waals surface area contributed by atoms with E-state index in [4.69, 9.17) is 10.00 Å². The zero-order valence-electron chi connectivity index (χ0n) is 8.88. The van der Waals surface area contributed by atoms with Crippen molar-refractivity contribution in [2.45, 2.75) is 6.92 Å². The van der Waals surface area contributed by atoms with Gasteiger partial charge in [0, 0.05) is 0 Å². The molecule has 4 heteroatoms. The second-order valence-electron chi connectivity index (χ2n) is 4.12. The van der Waals surface area contributed by atoms with Crippen molar-refractivity contribution in [2.24, 2.45) is 5.92 Å². The fourth-order valence-electron chi connectivity index (χ4n) is 0.636. The minimum absolute atomic E-state index is 0. The van der Waals surface area contributed by atoms with E-state index in [0.29, 0.717) is 6.61 Å². The molecular formula is C9H19ClN2O. The maximum absolute atomic E-state index is 8.46. The van der Waals surface area contributed by atoms with Crippen LogP contribution in [-0.2, 0) is 4.74 Å². The Morgan fingerprint density at radius 3 is 2.31 bits per heavy atom. The van der Waals surface area contributed by atoms with E-state index in [1.807, 2.05) is 6.92 Å². The molecular weight excluding hydrogens is 188 g/mol. The van der Waals surface area contributed by atoms with Crippen molar-refractivity contribution in [1.29, 1.82) is 5.26 Å². The lowest BCUT2D eigenvalue weighted by atomic mass is 10.2. The molecule has 0 amide bonds. The predicted octanol–water partition coefficient (Wildman–Crippen LogP) is -2.13. The lowest BCUT2D eigenvalue weighted by molar-refractivity contribution is -0.870. The topological polar surface area (TPSA) is 33.0 Å². The fraction of sp³-hybridized carbons (Fsp3) is 0.889. The van der Waals surface area contributed by atoms with Crippen molar-refractivity contribution in [1.82, 2.24) is 0 Å². The van der Waals surface area contributed by atoms with Crippen LogP contribution in [0.15, 0.2) is 0 Å². The van der Waals surface area contributed by atoms with Gasteiger partial charge in [0.2, 0.25) is 0 Å². The largest absolute Gasteiger partial charge is 1.00 e. The summed E-state index contributed by atoms with van der Waals surface area (Å²) in [5, 5.41) is 8.46. The highest BCUT2D eigenvalue weighted by molar-refractivity contribution is 4.77. The highest BCUT2D eigenvalue weighted by Gasteiger charge is 2.06. The number of likely N-dealkylation sites (N-methyl/N-ethyl adjacent to an activating group) is 1. The minimum Gasteiger partial charge on any atom is -1.00 e. The molecule has 0 aliphatic heterocycles. The summed E-state index contributed by atoms with van der Waals surface area (Å²) in [6.45, 7) is 4.14. The van der Waals surface area contributed by atoms with Crippen molar-refractivity contribution in [3.05, 3.63) is 0 Å². The number of halogens is 1. The molecule has 1 unspecified atom stereocenters. The van der Waals surface area contributed by atoms with Crippen LogP contribution in [0.2, 0.25) is 0 Å². The smallest absolute Gasteiger partial charge is 0.102 e. The fourth-order valence-corrected chi connectivity index (χ4v) is 0.636. The van der Waals surface area contributed by atoms with Crippen molar-refractivity contribution in [2.75, 3.05) is 40.9 Å². The third-order valence-corrected chi connectivity index (χ3v) is 1.49. The lowest BCUT2D eigenvalue weighted by Gasteiger charge is -2.23. The van der Waals surface area contributed by atoms with Gasteiger partial charge in [-0.2, -0.15) is 5.26 Å². The van der Waals surface area contributed by atoms with Gasteiger partial charge in [0.15, 0.2) is 0 Å². The van der Waals surface area contributed by atoms with Gasteiger partial charge in [0.25, 0.3) is 0 Å². The van der Waals surface area contributed by atoms with E-state index in [0.717, 1.165) is 17.6 Å². The van der Waals surface area contributed by atoms with Gasteiger partial charge >= 0.3 is 0 Å². The first-order chi connectivity index (χ1) is 5.45. The molecule has 78 valence electrons. The maximum atomic E-state index is 8.46. The summed E-state index contributed by atoms with van der Waals surface area (Å²) in [6.07, 6.45) is 0. The number of hydrogen-bond acceptors (Lipinski definition) is 2. The molecule has 0 spiro atoms. The lowest BCUT2D eigenvalue weighted by Crippen LogP contribution is -3.00. The molecule has 1 atom stereocenters. The van der Waals surface area contributed by atoms with Gasteiger partial charge in [-0.05, 0) is 6.92 Å². The standard InChI is InChI=1S/C9H19N2O.ClH/c1-9(7-10)8-12-6-5-11(2,3)4;/h9H,5-6,8H2,1-4H3;1H/q+1;/p-1. The Balaban J connectivity index is 0. The van der Waals surface area contributed by atoms with Crippen LogP contribution in [0.1, 0.15) is 6.92 Å². The van der Waals surface area contributed by atoms with E-state index in [-0.39, 0.29) is 18.3 Å². The molecule has 0 saturated heterocycles. The van der Waals surface area contributed by atoms with E-state index in [9.17, 15) is 0 Å². The molecule has 13 heavy (non-hydrogen) atoms. The van der Waals surface area contributed by atoms with Gasteiger partial charge in [0.05, 0.1) is 46.3 Å². The van der Waals surface area contributed by atoms with Crippen LogP contribution in [0.25, 0.3) is 0 Å². The number of nitriles is 1. The number of hydrogen-bond donors (Lipinski definition) is 0. The summed E-state index contributed by atoms with van der Waals surface area (Å²) in [6, 6.07) is 2.13. The van der Waals surface area contributed by atoms with E-state index in [1.165, 1.54) is 0 Å². The van der Waals surface area contributed by atoms with E-state index in [2.05, 4.69) is 27.2 Å². The number of rotatable bonds is 5. The van der Waals surface area contributed by atoms with E-state index >= 15 is 0 Å².